The van der Waals surface area contributed by atoms with Gasteiger partial charge in [-0.3, -0.25) is 0 Å². The van der Waals surface area contributed by atoms with Gasteiger partial charge in [0, 0.05) is 12.0 Å². The zero-order chi connectivity index (χ0) is 12.5. The van der Waals surface area contributed by atoms with E-state index in [1.165, 1.54) is 0 Å². The van der Waals surface area contributed by atoms with E-state index in [9.17, 15) is 0 Å². The third kappa shape index (κ3) is 3.60. The summed E-state index contributed by atoms with van der Waals surface area (Å²) < 4.78 is 0. The van der Waals surface area contributed by atoms with Crippen molar-refractivity contribution < 1.29 is 0 Å². The number of rotatable bonds is 2. The Bertz CT molecular complexity index is 358. The highest BCUT2D eigenvalue weighted by Crippen LogP contribution is 2.30. The Morgan fingerprint density at radius 2 is 1.50 bits per heavy atom. The third-order valence-corrected chi connectivity index (χ3v) is 2.74. The molecule has 2 nitrogen and oxygen atoms in total. The summed E-state index contributed by atoms with van der Waals surface area (Å²) in [6, 6.07) is 0. The van der Waals surface area contributed by atoms with Crippen LogP contribution >= 0.6 is 23.2 Å². The van der Waals surface area contributed by atoms with Crippen molar-refractivity contribution in [3.63, 3.8) is 0 Å². The second-order valence-corrected chi connectivity index (χ2v) is 6.24. The fraction of sp³-hybridized carbons (Fsp3) is 0.667. The van der Waals surface area contributed by atoms with E-state index in [0.29, 0.717) is 16.1 Å². The fourth-order valence-electron chi connectivity index (χ4n) is 1.49. The first-order valence-corrected chi connectivity index (χ1v) is 6.18. The van der Waals surface area contributed by atoms with Gasteiger partial charge in [0.15, 0.2) is 0 Å². The van der Waals surface area contributed by atoms with E-state index < -0.39 is 0 Å². The van der Waals surface area contributed by atoms with E-state index in [-0.39, 0.29) is 11.3 Å². The molecule has 0 saturated heterocycles. The second kappa shape index (κ2) is 4.89. The van der Waals surface area contributed by atoms with Crippen LogP contribution in [0, 0.1) is 5.41 Å². The van der Waals surface area contributed by atoms with Crippen LogP contribution in [0.25, 0.3) is 0 Å². The SMILES string of the molecule is CC(C)c1c(Cl)nc(CC(C)(C)C)nc1Cl. The highest BCUT2D eigenvalue weighted by Gasteiger charge is 2.18. The lowest BCUT2D eigenvalue weighted by atomic mass is 9.92. The molecule has 1 heterocycles. The molecule has 0 saturated carbocycles. The van der Waals surface area contributed by atoms with Crippen LogP contribution in [0.4, 0.5) is 0 Å². The van der Waals surface area contributed by atoms with E-state index in [1.54, 1.807) is 0 Å². The van der Waals surface area contributed by atoms with Crippen LogP contribution in [-0.2, 0) is 6.42 Å². The maximum absolute atomic E-state index is 6.12. The molecule has 0 aliphatic heterocycles. The number of aromatic nitrogens is 2. The quantitative estimate of drug-likeness (QED) is 0.733. The van der Waals surface area contributed by atoms with Crippen LogP contribution in [0.1, 0.15) is 51.9 Å². The van der Waals surface area contributed by atoms with Crippen LogP contribution in [0.3, 0.4) is 0 Å². The third-order valence-electron chi connectivity index (χ3n) is 2.16. The van der Waals surface area contributed by atoms with Gasteiger partial charge < -0.3 is 0 Å². The van der Waals surface area contributed by atoms with Crippen molar-refractivity contribution in [3.8, 4) is 0 Å². The Hall–Kier alpha value is -0.340. The standard InChI is InChI=1S/C12H18Cl2N2/c1-7(2)9-10(13)15-8(16-11(9)14)6-12(3,4)5/h7H,6H2,1-5H3. The van der Waals surface area contributed by atoms with Crippen LogP contribution in [0.2, 0.25) is 10.3 Å². The molecule has 0 bridgehead atoms. The first-order chi connectivity index (χ1) is 7.20. The Balaban J connectivity index is 3.10. The number of halogens is 2. The lowest BCUT2D eigenvalue weighted by Gasteiger charge is -2.18. The molecule has 0 amide bonds. The maximum atomic E-state index is 6.12. The molecule has 0 radical (unpaired) electrons. The first kappa shape index (κ1) is 13.7. The lowest BCUT2D eigenvalue weighted by molar-refractivity contribution is 0.400. The van der Waals surface area contributed by atoms with Gasteiger partial charge in [-0.25, -0.2) is 9.97 Å². The Morgan fingerprint density at radius 3 is 1.81 bits per heavy atom. The van der Waals surface area contributed by atoms with E-state index in [2.05, 4.69) is 30.7 Å². The summed E-state index contributed by atoms with van der Waals surface area (Å²) >= 11 is 12.2. The topological polar surface area (TPSA) is 25.8 Å². The molecule has 0 N–H and O–H groups in total. The summed E-state index contributed by atoms with van der Waals surface area (Å²) in [5, 5.41) is 0.962. The Morgan fingerprint density at radius 1 is 1.06 bits per heavy atom. The summed E-state index contributed by atoms with van der Waals surface area (Å²) in [7, 11) is 0. The minimum absolute atomic E-state index is 0.131. The smallest absolute Gasteiger partial charge is 0.137 e. The van der Waals surface area contributed by atoms with Gasteiger partial charge in [-0.1, -0.05) is 57.8 Å². The average molecular weight is 261 g/mol. The van der Waals surface area contributed by atoms with E-state index in [4.69, 9.17) is 23.2 Å². The van der Waals surface area contributed by atoms with Gasteiger partial charge in [-0.15, -0.1) is 0 Å². The number of nitrogens with zero attached hydrogens (tertiary/aromatic N) is 2. The number of hydrogen-bond acceptors (Lipinski definition) is 2. The molecule has 90 valence electrons. The van der Waals surface area contributed by atoms with Crippen LogP contribution in [0.15, 0.2) is 0 Å². The van der Waals surface area contributed by atoms with E-state index in [1.807, 2.05) is 13.8 Å². The van der Waals surface area contributed by atoms with Crippen molar-refractivity contribution in [1.82, 2.24) is 9.97 Å². The van der Waals surface area contributed by atoms with Crippen molar-refractivity contribution in [3.05, 3.63) is 21.7 Å². The van der Waals surface area contributed by atoms with Gasteiger partial charge in [0.25, 0.3) is 0 Å². The molecule has 0 aliphatic carbocycles. The van der Waals surface area contributed by atoms with Gasteiger partial charge >= 0.3 is 0 Å². The molecule has 0 aliphatic rings. The molecule has 0 spiro atoms. The largest absolute Gasteiger partial charge is 0.221 e. The maximum Gasteiger partial charge on any atom is 0.137 e. The molecular formula is C12H18Cl2N2. The molecule has 1 aromatic rings. The lowest BCUT2D eigenvalue weighted by Crippen LogP contribution is -2.13. The molecule has 16 heavy (non-hydrogen) atoms. The molecule has 1 rings (SSSR count). The van der Waals surface area contributed by atoms with Gasteiger partial charge in [-0.2, -0.15) is 0 Å². The Labute approximate surface area is 107 Å². The minimum atomic E-state index is 0.131. The van der Waals surface area contributed by atoms with Crippen LogP contribution in [-0.4, -0.2) is 9.97 Å². The minimum Gasteiger partial charge on any atom is -0.221 e. The molecule has 4 heteroatoms. The zero-order valence-corrected chi connectivity index (χ0v) is 11.9. The van der Waals surface area contributed by atoms with E-state index in [0.717, 1.165) is 12.0 Å². The van der Waals surface area contributed by atoms with Crippen LogP contribution < -0.4 is 0 Å². The first-order valence-electron chi connectivity index (χ1n) is 5.42. The normalized spacial score (nSPS) is 12.2. The highest BCUT2D eigenvalue weighted by molar-refractivity contribution is 6.34. The predicted molar refractivity (Wildman–Crippen MR) is 69.3 cm³/mol. The van der Waals surface area contributed by atoms with E-state index >= 15 is 0 Å². The molecule has 0 fully saturated rings. The highest BCUT2D eigenvalue weighted by atomic mass is 35.5. The van der Waals surface area contributed by atoms with Gasteiger partial charge in [-0.05, 0) is 11.3 Å². The summed E-state index contributed by atoms with van der Waals surface area (Å²) in [5.74, 6) is 0.954. The molecule has 1 aromatic heterocycles. The zero-order valence-electron chi connectivity index (χ0n) is 10.4. The van der Waals surface area contributed by atoms with Crippen molar-refractivity contribution >= 4 is 23.2 Å². The van der Waals surface area contributed by atoms with Crippen LogP contribution in [0.5, 0.6) is 0 Å². The van der Waals surface area contributed by atoms with Crippen molar-refractivity contribution in [2.24, 2.45) is 5.41 Å². The molecule has 0 unspecified atom stereocenters. The van der Waals surface area contributed by atoms with Gasteiger partial charge in [0.05, 0.1) is 0 Å². The van der Waals surface area contributed by atoms with Crippen molar-refractivity contribution in [2.45, 2.75) is 47.0 Å². The average Bonchev–Trinajstić information content (AvgIpc) is 1.96. The summed E-state index contributed by atoms with van der Waals surface area (Å²) in [6.45, 7) is 10.5. The Kier molecular flexibility index (Phi) is 4.19. The number of hydrogen-bond donors (Lipinski definition) is 0. The summed E-state index contributed by atoms with van der Waals surface area (Å²) in [4.78, 5) is 8.62. The van der Waals surface area contributed by atoms with Gasteiger partial charge in [0.2, 0.25) is 0 Å². The predicted octanol–water partition coefficient (Wildman–Crippen LogP) is 4.50. The summed E-state index contributed by atoms with van der Waals surface area (Å²) in [5.41, 5.74) is 0.965. The molecular weight excluding hydrogens is 243 g/mol. The van der Waals surface area contributed by atoms with Crippen molar-refractivity contribution in [1.29, 1.82) is 0 Å². The van der Waals surface area contributed by atoms with Gasteiger partial charge in [0.1, 0.15) is 16.1 Å². The molecule has 0 atom stereocenters. The fourth-order valence-corrected chi connectivity index (χ4v) is 2.35. The molecule has 0 aromatic carbocycles. The summed E-state index contributed by atoms with van der Waals surface area (Å²) in [6.07, 6.45) is 0.769. The monoisotopic (exact) mass is 260 g/mol. The second-order valence-electron chi connectivity index (χ2n) is 5.53. The van der Waals surface area contributed by atoms with Crippen molar-refractivity contribution in [2.75, 3.05) is 0 Å².